The number of H-pyrrole nitrogens is 1. The molecule has 1 aliphatic rings. The number of imidazole rings is 1. The summed E-state index contributed by atoms with van der Waals surface area (Å²) in [6.07, 6.45) is -0.204. The molecule has 0 saturated carbocycles. The molecule has 0 spiro atoms. The molecule has 4 aromatic heterocycles. The number of aromatic amines is 1. The van der Waals surface area contributed by atoms with E-state index in [1.165, 1.54) is 4.88 Å². The zero-order valence-electron chi connectivity index (χ0n) is 18.7. The van der Waals surface area contributed by atoms with Gasteiger partial charge in [-0.3, -0.25) is 0 Å². The van der Waals surface area contributed by atoms with Crippen LogP contribution in [-0.2, 0) is 36.8 Å². The quantitative estimate of drug-likeness (QED) is 0.418. The van der Waals surface area contributed by atoms with E-state index in [1.807, 2.05) is 4.90 Å². The lowest BCUT2D eigenvalue weighted by Gasteiger charge is -2.29. The second kappa shape index (κ2) is 8.95. The third-order valence-corrected chi connectivity index (χ3v) is 6.73. The Hall–Kier alpha value is -3.06. The average Bonchev–Trinajstić information content (AvgIpc) is 3.53. The summed E-state index contributed by atoms with van der Waals surface area (Å²) in [5.41, 5.74) is 0.908. The predicted molar refractivity (Wildman–Crippen MR) is 121 cm³/mol. The van der Waals surface area contributed by atoms with Gasteiger partial charge in [-0.1, -0.05) is 13.3 Å². The van der Waals surface area contributed by atoms with Crippen molar-refractivity contribution in [1.29, 1.82) is 0 Å². The van der Waals surface area contributed by atoms with Crippen LogP contribution in [0, 0.1) is 0 Å². The predicted octanol–water partition coefficient (Wildman–Crippen LogP) is 3.85. The average molecular weight is 493 g/mol. The first-order chi connectivity index (χ1) is 16.4. The number of aryl methyl sites for hydroxylation is 1. The van der Waals surface area contributed by atoms with Gasteiger partial charge in [0.1, 0.15) is 10.6 Å². The molecule has 1 aliphatic heterocycles. The molecule has 4 aromatic rings. The van der Waals surface area contributed by atoms with Crippen LogP contribution in [0.25, 0.3) is 21.9 Å². The van der Waals surface area contributed by atoms with E-state index in [0.29, 0.717) is 37.0 Å². The number of nitrogens with one attached hydrogen (secondary N) is 1. The molecule has 0 amide bonds. The fraction of sp³-hybridized carbons (Fsp3) is 0.476. The van der Waals surface area contributed by atoms with Crippen molar-refractivity contribution in [1.82, 2.24) is 34.7 Å². The lowest BCUT2D eigenvalue weighted by molar-refractivity contribution is -0.147. The van der Waals surface area contributed by atoms with Gasteiger partial charge >= 0.3 is 6.18 Å². The van der Waals surface area contributed by atoms with Gasteiger partial charge in [0, 0.05) is 43.4 Å². The molecule has 34 heavy (non-hydrogen) atoms. The minimum atomic E-state index is -4.54. The molecule has 5 rings (SSSR count). The molecular formula is C21H23F3N8OS. The van der Waals surface area contributed by atoms with Crippen LogP contribution in [0.5, 0.6) is 0 Å². The molecule has 0 saturated heterocycles. The van der Waals surface area contributed by atoms with Crippen molar-refractivity contribution in [2.75, 3.05) is 25.2 Å². The van der Waals surface area contributed by atoms with Crippen LogP contribution in [-0.4, -0.2) is 55.0 Å². The second-order valence-corrected chi connectivity index (χ2v) is 9.18. The van der Waals surface area contributed by atoms with Crippen molar-refractivity contribution in [3.8, 4) is 11.6 Å². The number of methoxy groups -OCH3 is 1. The summed E-state index contributed by atoms with van der Waals surface area (Å²) in [5, 5.41) is 8.07. The number of thiophene rings is 1. The standard InChI is InChI=1S/C21H23F3N8OS/c1-3-4-13-9-14-18(31-6-7-32-15(11-31)29-30-20(32)21(22,23)24)27-17(28-19(14)34-13)16-25-10-12(26-16)5-8-33-2/h9-10H,3-8,11H2,1-2H3,(H,25,26). The van der Waals surface area contributed by atoms with Crippen LogP contribution in [0.4, 0.5) is 19.0 Å². The fourth-order valence-electron chi connectivity index (χ4n) is 4.03. The van der Waals surface area contributed by atoms with Crippen molar-refractivity contribution in [2.45, 2.75) is 45.5 Å². The van der Waals surface area contributed by atoms with Crippen molar-refractivity contribution in [3.63, 3.8) is 0 Å². The van der Waals surface area contributed by atoms with E-state index in [2.05, 4.69) is 33.2 Å². The van der Waals surface area contributed by atoms with Gasteiger partial charge in [-0.05, 0) is 12.5 Å². The molecule has 0 aromatic carbocycles. The van der Waals surface area contributed by atoms with Gasteiger partial charge in [-0.2, -0.15) is 13.2 Å². The van der Waals surface area contributed by atoms with E-state index >= 15 is 0 Å². The highest BCUT2D eigenvalue weighted by Crippen LogP contribution is 2.36. The Bertz CT molecular complexity index is 1310. The van der Waals surface area contributed by atoms with Crippen LogP contribution in [0.3, 0.4) is 0 Å². The van der Waals surface area contributed by atoms with E-state index in [9.17, 15) is 13.2 Å². The molecule has 0 aliphatic carbocycles. The summed E-state index contributed by atoms with van der Waals surface area (Å²) in [6, 6.07) is 2.08. The van der Waals surface area contributed by atoms with E-state index in [1.54, 1.807) is 24.6 Å². The van der Waals surface area contributed by atoms with E-state index < -0.39 is 12.0 Å². The lowest BCUT2D eigenvalue weighted by Crippen LogP contribution is -2.36. The normalized spacial score (nSPS) is 14.2. The maximum atomic E-state index is 13.3. The molecule has 0 bridgehead atoms. The monoisotopic (exact) mass is 492 g/mol. The first-order valence-corrected chi connectivity index (χ1v) is 11.8. The molecule has 13 heteroatoms. The van der Waals surface area contributed by atoms with E-state index in [4.69, 9.17) is 14.7 Å². The van der Waals surface area contributed by atoms with Gasteiger partial charge in [-0.15, -0.1) is 21.5 Å². The van der Waals surface area contributed by atoms with Crippen LogP contribution in [0.15, 0.2) is 12.3 Å². The van der Waals surface area contributed by atoms with Gasteiger partial charge in [0.15, 0.2) is 17.5 Å². The third-order valence-electron chi connectivity index (χ3n) is 5.64. The van der Waals surface area contributed by atoms with Crippen LogP contribution >= 0.6 is 11.3 Å². The first kappa shape index (κ1) is 22.7. The number of aromatic nitrogens is 7. The van der Waals surface area contributed by atoms with Crippen molar-refractivity contribution < 1.29 is 17.9 Å². The number of hydrogen-bond donors (Lipinski definition) is 1. The van der Waals surface area contributed by atoms with Crippen molar-refractivity contribution >= 4 is 27.4 Å². The number of fused-ring (bicyclic) bond motifs is 2. The first-order valence-electron chi connectivity index (χ1n) is 10.9. The molecular weight excluding hydrogens is 469 g/mol. The van der Waals surface area contributed by atoms with E-state index in [0.717, 1.165) is 33.3 Å². The topological polar surface area (TPSA) is 97.6 Å². The van der Waals surface area contributed by atoms with Crippen molar-refractivity contribution in [2.24, 2.45) is 0 Å². The Morgan fingerprint density at radius 2 is 2.03 bits per heavy atom. The minimum Gasteiger partial charge on any atom is -0.384 e. The van der Waals surface area contributed by atoms with Crippen molar-refractivity contribution in [3.05, 3.63) is 34.5 Å². The van der Waals surface area contributed by atoms with Gasteiger partial charge in [0.25, 0.3) is 0 Å². The van der Waals surface area contributed by atoms with Gasteiger partial charge in [0.05, 0.1) is 18.5 Å². The fourth-order valence-corrected chi connectivity index (χ4v) is 5.16. The molecule has 0 fully saturated rings. The number of alkyl halides is 3. The SMILES string of the molecule is CCCc1cc2c(N3CCn4c(nnc4C(F)(F)F)C3)nc(-c3ncc(CCOC)[nH]3)nc2s1. The summed E-state index contributed by atoms with van der Waals surface area (Å²) < 4.78 is 46.0. The zero-order valence-corrected chi connectivity index (χ0v) is 19.5. The Morgan fingerprint density at radius 1 is 1.18 bits per heavy atom. The van der Waals surface area contributed by atoms with E-state index in [-0.39, 0.29) is 18.9 Å². The number of ether oxygens (including phenoxy) is 1. The van der Waals surface area contributed by atoms with Crippen LogP contribution in [0.2, 0.25) is 0 Å². The smallest absolute Gasteiger partial charge is 0.384 e. The zero-order chi connectivity index (χ0) is 23.9. The molecule has 5 heterocycles. The number of anilines is 1. The second-order valence-electron chi connectivity index (χ2n) is 8.06. The highest BCUT2D eigenvalue weighted by Gasteiger charge is 2.39. The number of nitrogens with zero attached hydrogens (tertiary/aromatic N) is 7. The number of halogens is 3. The van der Waals surface area contributed by atoms with Gasteiger partial charge in [0.2, 0.25) is 5.82 Å². The van der Waals surface area contributed by atoms with Gasteiger partial charge < -0.3 is 19.2 Å². The molecule has 9 nitrogen and oxygen atoms in total. The summed E-state index contributed by atoms with van der Waals surface area (Å²) >= 11 is 1.60. The van der Waals surface area contributed by atoms with Crippen LogP contribution in [0.1, 0.15) is 35.6 Å². The Morgan fingerprint density at radius 3 is 2.79 bits per heavy atom. The largest absolute Gasteiger partial charge is 0.451 e. The maximum absolute atomic E-state index is 13.3. The maximum Gasteiger partial charge on any atom is 0.451 e. The minimum absolute atomic E-state index is 0.117. The molecule has 0 radical (unpaired) electrons. The summed E-state index contributed by atoms with van der Waals surface area (Å²) in [5.74, 6) is 0.945. The summed E-state index contributed by atoms with van der Waals surface area (Å²) in [4.78, 5) is 21.2. The highest BCUT2D eigenvalue weighted by atomic mass is 32.1. The number of rotatable bonds is 7. The molecule has 180 valence electrons. The lowest BCUT2D eigenvalue weighted by atomic mass is 10.2. The summed E-state index contributed by atoms with van der Waals surface area (Å²) in [6.45, 7) is 3.31. The molecule has 0 atom stereocenters. The van der Waals surface area contributed by atoms with Crippen LogP contribution < -0.4 is 4.90 Å². The molecule has 1 N–H and O–H groups in total. The third kappa shape index (κ3) is 4.25. The Balaban J connectivity index is 1.54. The Labute approximate surface area is 197 Å². The number of hydrogen-bond acceptors (Lipinski definition) is 8. The molecule has 0 unspecified atom stereocenters. The summed E-state index contributed by atoms with van der Waals surface area (Å²) in [7, 11) is 1.64. The van der Waals surface area contributed by atoms with Gasteiger partial charge in [-0.25, -0.2) is 15.0 Å². The Kier molecular flexibility index (Phi) is 5.98. The highest BCUT2D eigenvalue weighted by molar-refractivity contribution is 7.18.